The van der Waals surface area contributed by atoms with Gasteiger partial charge in [0, 0.05) is 13.0 Å². The number of carbonyl (C=O) groups is 5. The Morgan fingerprint density at radius 3 is 2.12 bits per heavy atom. The lowest BCUT2D eigenvalue weighted by atomic mass is 10.0. The van der Waals surface area contributed by atoms with Gasteiger partial charge in [-0.15, -0.1) is 0 Å². The van der Waals surface area contributed by atoms with Crippen LogP contribution in [0.15, 0.2) is 60.7 Å². The van der Waals surface area contributed by atoms with E-state index in [-0.39, 0.29) is 13.0 Å². The summed E-state index contributed by atoms with van der Waals surface area (Å²) in [6.45, 7) is 5.46. The summed E-state index contributed by atoms with van der Waals surface area (Å²) in [6.07, 6.45) is -0.101. The molecule has 11 heteroatoms. The summed E-state index contributed by atoms with van der Waals surface area (Å²) in [5.74, 6) is -2.91. The maximum Gasteiger partial charge on any atom is 0.410 e. The molecule has 1 fully saturated rings. The Kier molecular flexibility index (Phi) is 10.8. The van der Waals surface area contributed by atoms with Crippen molar-refractivity contribution in [2.75, 3.05) is 6.54 Å². The smallest absolute Gasteiger partial charge is 0.410 e. The van der Waals surface area contributed by atoms with E-state index in [0.29, 0.717) is 19.4 Å². The largest absolute Gasteiger partial charge is 0.461 e. The van der Waals surface area contributed by atoms with E-state index >= 15 is 0 Å². The SMILES string of the molecule is CC(C)(C)OC(=O)N1CCC[C@H]1C(=O)N[C@@H](CC(=O)OCc1ccccc1)C(=O)N[C@@H](Cc1ccccc1)C(N)=O. The van der Waals surface area contributed by atoms with Gasteiger partial charge >= 0.3 is 12.1 Å². The van der Waals surface area contributed by atoms with Crippen molar-refractivity contribution in [3.8, 4) is 0 Å². The van der Waals surface area contributed by atoms with Crippen molar-refractivity contribution >= 4 is 29.8 Å². The molecule has 41 heavy (non-hydrogen) atoms. The summed E-state index contributed by atoms with van der Waals surface area (Å²) in [4.78, 5) is 65.6. The predicted molar refractivity (Wildman–Crippen MR) is 150 cm³/mol. The van der Waals surface area contributed by atoms with E-state index in [1.807, 2.05) is 12.1 Å². The molecule has 4 amide bonds. The Bertz CT molecular complexity index is 1210. The van der Waals surface area contributed by atoms with Crippen LogP contribution in [0, 0.1) is 0 Å². The number of likely N-dealkylation sites (tertiary alicyclic amines) is 1. The van der Waals surface area contributed by atoms with Gasteiger partial charge in [0.05, 0.1) is 6.42 Å². The first kappa shape index (κ1) is 31.1. The Balaban J connectivity index is 1.74. The fourth-order valence-electron chi connectivity index (χ4n) is 4.36. The number of amides is 4. The standard InChI is InChI=1S/C30H38N4O7/c1-30(2,3)41-29(39)34-16-10-15-24(34)28(38)33-23(18-25(35)40-19-21-13-8-5-9-14-21)27(37)32-22(26(31)36)17-20-11-6-4-7-12-20/h4-9,11-14,22-24H,10,15-19H2,1-3H3,(H2,31,36)(H,32,37)(H,33,38)/t22-,23-,24-/m0/s1. The van der Waals surface area contributed by atoms with Gasteiger partial charge in [-0.1, -0.05) is 60.7 Å². The molecule has 11 nitrogen and oxygen atoms in total. The number of hydrogen-bond acceptors (Lipinski definition) is 7. The summed E-state index contributed by atoms with van der Waals surface area (Å²) < 4.78 is 10.8. The summed E-state index contributed by atoms with van der Waals surface area (Å²) in [6, 6.07) is 14.6. The molecule has 0 aliphatic carbocycles. The van der Waals surface area contributed by atoms with Crippen LogP contribution in [0.5, 0.6) is 0 Å². The number of nitrogens with one attached hydrogen (secondary N) is 2. The molecular formula is C30H38N4O7. The summed E-state index contributed by atoms with van der Waals surface area (Å²) in [5, 5.41) is 5.15. The molecule has 3 atom stereocenters. The van der Waals surface area contributed by atoms with Gasteiger partial charge < -0.3 is 25.8 Å². The van der Waals surface area contributed by atoms with Gasteiger partial charge in [0.2, 0.25) is 17.7 Å². The van der Waals surface area contributed by atoms with E-state index in [9.17, 15) is 24.0 Å². The van der Waals surface area contributed by atoms with Gasteiger partial charge in [-0.05, 0) is 44.7 Å². The molecule has 1 aliphatic rings. The van der Waals surface area contributed by atoms with Gasteiger partial charge in [-0.3, -0.25) is 24.1 Å². The third-order valence-electron chi connectivity index (χ3n) is 6.37. The summed E-state index contributed by atoms with van der Waals surface area (Å²) >= 11 is 0. The number of nitrogens with zero attached hydrogens (tertiary/aromatic N) is 1. The van der Waals surface area contributed by atoms with Crippen molar-refractivity contribution in [2.45, 2.75) is 76.8 Å². The molecule has 1 saturated heterocycles. The number of rotatable bonds is 11. The van der Waals surface area contributed by atoms with Gasteiger partial charge in [0.1, 0.15) is 30.3 Å². The van der Waals surface area contributed by atoms with Crippen molar-refractivity contribution in [3.05, 3.63) is 71.8 Å². The third kappa shape index (κ3) is 9.93. The van der Waals surface area contributed by atoms with E-state index in [2.05, 4.69) is 10.6 Å². The summed E-state index contributed by atoms with van der Waals surface area (Å²) in [5.41, 5.74) is 6.32. The molecule has 2 aromatic rings. The van der Waals surface area contributed by atoms with Crippen molar-refractivity contribution in [3.63, 3.8) is 0 Å². The van der Waals surface area contributed by atoms with Gasteiger partial charge in [0.15, 0.2) is 0 Å². The number of hydrogen-bond donors (Lipinski definition) is 3. The molecule has 0 saturated carbocycles. The zero-order valence-corrected chi connectivity index (χ0v) is 23.6. The normalized spacial score (nSPS) is 16.3. The fourth-order valence-corrected chi connectivity index (χ4v) is 4.36. The number of benzene rings is 2. The lowest BCUT2D eigenvalue weighted by Crippen LogP contribution is -2.57. The van der Waals surface area contributed by atoms with E-state index in [1.165, 1.54) is 4.90 Å². The van der Waals surface area contributed by atoms with Gasteiger partial charge in [0.25, 0.3) is 0 Å². The van der Waals surface area contributed by atoms with Crippen LogP contribution in [0.4, 0.5) is 4.79 Å². The van der Waals surface area contributed by atoms with Crippen LogP contribution in [0.25, 0.3) is 0 Å². The Labute approximate surface area is 239 Å². The molecule has 0 radical (unpaired) electrons. The molecule has 0 unspecified atom stereocenters. The Morgan fingerprint density at radius 1 is 0.927 bits per heavy atom. The lowest BCUT2D eigenvalue weighted by molar-refractivity contribution is -0.147. The highest BCUT2D eigenvalue weighted by Gasteiger charge is 2.38. The number of ether oxygens (including phenoxy) is 2. The molecule has 2 aromatic carbocycles. The van der Waals surface area contributed by atoms with Crippen molar-refractivity contribution in [2.24, 2.45) is 5.73 Å². The average Bonchev–Trinajstić information content (AvgIpc) is 3.42. The second-order valence-electron chi connectivity index (χ2n) is 10.9. The van der Waals surface area contributed by atoms with E-state index in [4.69, 9.17) is 15.2 Å². The number of carbonyl (C=O) groups excluding carboxylic acids is 5. The first-order valence-electron chi connectivity index (χ1n) is 13.6. The van der Waals surface area contributed by atoms with Gasteiger partial charge in [-0.2, -0.15) is 0 Å². The molecular weight excluding hydrogens is 528 g/mol. The Hall–Kier alpha value is -4.41. The third-order valence-corrected chi connectivity index (χ3v) is 6.37. The Morgan fingerprint density at radius 2 is 1.54 bits per heavy atom. The quantitative estimate of drug-likeness (QED) is 0.352. The monoisotopic (exact) mass is 566 g/mol. The fraction of sp³-hybridized carbons (Fsp3) is 0.433. The summed E-state index contributed by atoms with van der Waals surface area (Å²) in [7, 11) is 0. The molecule has 1 heterocycles. The molecule has 0 bridgehead atoms. The van der Waals surface area contributed by atoms with Crippen LogP contribution in [0.1, 0.15) is 51.2 Å². The van der Waals surface area contributed by atoms with Crippen molar-refractivity contribution in [1.82, 2.24) is 15.5 Å². The van der Waals surface area contributed by atoms with E-state index in [1.54, 1.807) is 69.3 Å². The minimum absolute atomic E-state index is 0.0189. The second kappa shape index (κ2) is 14.3. The van der Waals surface area contributed by atoms with Crippen molar-refractivity contribution in [1.29, 1.82) is 0 Å². The minimum atomic E-state index is -1.38. The number of primary amides is 1. The minimum Gasteiger partial charge on any atom is -0.461 e. The van der Waals surface area contributed by atoms with Crippen molar-refractivity contribution < 1.29 is 33.4 Å². The molecule has 220 valence electrons. The molecule has 0 spiro atoms. The highest BCUT2D eigenvalue weighted by Crippen LogP contribution is 2.21. The van der Waals surface area contributed by atoms with Crippen LogP contribution in [-0.4, -0.2) is 65.0 Å². The van der Waals surface area contributed by atoms with Crippen LogP contribution in [0.3, 0.4) is 0 Å². The number of nitrogens with two attached hydrogens (primary N) is 1. The topological polar surface area (TPSA) is 157 Å². The van der Waals surface area contributed by atoms with Crippen LogP contribution < -0.4 is 16.4 Å². The zero-order chi connectivity index (χ0) is 30.0. The van der Waals surface area contributed by atoms with E-state index < -0.39 is 59.9 Å². The highest BCUT2D eigenvalue weighted by atomic mass is 16.6. The van der Waals surface area contributed by atoms with Gasteiger partial charge in [-0.25, -0.2) is 4.79 Å². The lowest BCUT2D eigenvalue weighted by Gasteiger charge is -2.29. The maximum atomic E-state index is 13.4. The first-order chi connectivity index (χ1) is 19.4. The molecule has 0 aromatic heterocycles. The highest BCUT2D eigenvalue weighted by molar-refractivity contribution is 5.95. The molecule has 1 aliphatic heterocycles. The van der Waals surface area contributed by atoms with Crippen LogP contribution >= 0.6 is 0 Å². The number of esters is 1. The average molecular weight is 567 g/mol. The molecule has 4 N–H and O–H groups in total. The first-order valence-corrected chi connectivity index (χ1v) is 13.6. The maximum absolute atomic E-state index is 13.4. The van der Waals surface area contributed by atoms with E-state index in [0.717, 1.165) is 11.1 Å². The zero-order valence-electron chi connectivity index (χ0n) is 23.6. The predicted octanol–water partition coefficient (Wildman–Crippen LogP) is 2.22. The second-order valence-corrected chi connectivity index (χ2v) is 10.9. The molecule has 3 rings (SSSR count). The van der Waals surface area contributed by atoms with Crippen LogP contribution in [0.2, 0.25) is 0 Å². The van der Waals surface area contributed by atoms with Crippen LogP contribution in [-0.2, 0) is 41.7 Å².